The highest BCUT2D eigenvalue weighted by molar-refractivity contribution is 6.33. The molecule has 3 N–H and O–H groups in total. The minimum Gasteiger partial charge on any atom is -0.459 e. The number of nitrogens with one attached hydrogen (secondary N) is 1. The molecule has 2 saturated heterocycles. The van der Waals surface area contributed by atoms with Crippen LogP contribution < -0.4 is 4.74 Å². The Morgan fingerprint density at radius 1 is 1.24 bits per heavy atom. The smallest absolute Gasteiger partial charge is 0.410 e. The summed E-state index contributed by atoms with van der Waals surface area (Å²) in [4.78, 5) is 26.1. The van der Waals surface area contributed by atoms with Gasteiger partial charge in [-0.05, 0) is 44.2 Å². The number of carbonyl (C=O) groups excluding carboxylic acids is 1. The zero-order valence-corrected chi connectivity index (χ0v) is 22.2. The molecule has 2 fully saturated rings. The van der Waals surface area contributed by atoms with Crippen LogP contribution in [-0.4, -0.2) is 86.9 Å². The van der Waals surface area contributed by atoms with E-state index in [0.717, 1.165) is 18.4 Å². The van der Waals surface area contributed by atoms with Gasteiger partial charge in [0.05, 0.1) is 41.7 Å². The molecule has 3 aromatic rings. The van der Waals surface area contributed by atoms with Crippen molar-refractivity contribution in [3.63, 3.8) is 0 Å². The second-order valence-electron chi connectivity index (χ2n) is 10.1. The van der Waals surface area contributed by atoms with Crippen LogP contribution in [0.15, 0.2) is 30.3 Å². The predicted molar refractivity (Wildman–Crippen MR) is 141 cm³/mol. The average Bonchev–Trinajstić information content (AvgIpc) is 3.29. The quantitative estimate of drug-likeness (QED) is 0.426. The van der Waals surface area contributed by atoms with Gasteiger partial charge in [0, 0.05) is 25.1 Å². The van der Waals surface area contributed by atoms with E-state index in [2.05, 4.69) is 27.1 Å². The van der Waals surface area contributed by atoms with Crippen LogP contribution in [0.25, 0.3) is 22.4 Å². The van der Waals surface area contributed by atoms with Crippen LogP contribution in [-0.2, 0) is 9.47 Å². The molecule has 5 rings (SSSR count). The Morgan fingerprint density at radius 2 is 1.97 bits per heavy atom. The van der Waals surface area contributed by atoms with Crippen LogP contribution in [0.3, 0.4) is 0 Å². The highest BCUT2D eigenvalue weighted by Crippen LogP contribution is 2.33. The number of hydrogen-bond donors (Lipinski definition) is 3. The Labute approximate surface area is 225 Å². The van der Waals surface area contributed by atoms with Crippen molar-refractivity contribution in [2.24, 2.45) is 0 Å². The molecule has 0 bridgehead atoms. The number of nitrogens with zero attached hydrogens (tertiary/aromatic N) is 3. The summed E-state index contributed by atoms with van der Waals surface area (Å²) < 4.78 is 16.6. The molecule has 38 heavy (non-hydrogen) atoms. The summed E-state index contributed by atoms with van der Waals surface area (Å²) in [6.07, 6.45) is -0.0567. The third-order valence-corrected chi connectivity index (χ3v) is 7.33. The van der Waals surface area contributed by atoms with E-state index in [-0.39, 0.29) is 31.4 Å². The van der Waals surface area contributed by atoms with Gasteiger partial charge >= 0.3 is 6.09 Å². The van der Waals surface area contributed by atoms with Crippen LogP contribution in [0.1, 0.15) is 44.6 Å². The van der Waals surface area contributed by atoms with Gasteiger partial charge in [0.2, 0.25) is 0 Å². The van der Waals surface area contributed by atoms with Gasteiger partial charge in [-0.2, -0.15) is 4.98 Å². The minimum atomic E-state index is -0.806. The molecule has 4 heterocycles. The fourth-order valence-electron chi connectivity index (χ4n) is 4.98. The predicted octanol–water partition coefficient (Wildman–Crippen LogP) is 3.89. The second kappa shape index (κ2) is 11.4. The Bertz CT molecular complexity index is 1260. The number of likely N-dealkylation sites (tertiary alicyclic amines) is 1. The molecule has 2 aliphatic heterocycles. The monoisotopic (exact) mass is 544 g/mol. The zero-order chi connectivity index (χ0) is 26.8. The summed E-state index contributed by atoms with van der Waals surface area (Å²) in [6, 6.07) is 10.2. The Balaban J connectivity index is 1.24. The van der Waals surface area contributed by atoms with Crippen molar-refractivity contribution < 1.29 is 29.2 Å². The summed E-state index contributed by atoms with van der Waals surface area (Å²) >= 11 is 6.58. The van der Waals surface area contributed by atoms with Gasteiger partial charge in [0.1, 0.15) is 12.2 Å². The van der Waals surface area contributed by atoms with Crippen molar-refractivity contribution >= 4 is 28.9 Å². The first-order valence-corrected chi connectivity index (χ1v) is 13.4. The first kappa shape index (κ1) is 26.7. The first-order chi connectivity index (χ1) is 18.3. The third kappa shape index (κ3) is 5.88. The van der Waals surface area contributed by atoms with Crippen molar-refractivity contribution in [1.29, 1.82) is 0 Å². The van der Waals surface area contributed by atoms with Crippen LogP contribution in [0, 0.1) is 0 Å². The lowest BCUT2D eigenvalue weighted by molar-refractivity contribution is -0.131. The van der Waals surface area contributed by atoms with E-state index in [9.17, 15) is 15.0 Å². The van der Waals surface area contributed by atoms with Crippen molar-refractivity contribution in [2.45, 2.75) is 63.4 Å². The molecule has 10 nitrogen and oxygen atoms in total. The second-order valence-corrected chi connectivity index (χ2v) is 10.6. The van der Waals surface area contributed by atoms with E-state index < -0.39 is 18.3 Å². The maximum atomic E-state index is 12.2. The normalized spacial score (nSPS) is 22.7. The number of piperidine rings is 1. The molecular weight excluding hydrogens is 512 g/mol. The highest BCUT2D eigenvalue weighted by atomic mass is 35.5. The number of amides is 1. The number of carbonyl (C=O) groups is 1. The topological polar surface area (TPSA) is 130 Å². The molecule has 2 aromatic heterocycles. The summed E-state index contributed by atoms with van der Waals surface area (Å²) in [5.74, 6) is 0.374. The minimum absolute atomic E-state index is 0.117. The number of aromatic nitrogens is 3. The number of ether oxygens (including phenoxy) is 3. The van der Waals surface area contributed by atoms with Crippen LogP contribution in [0.5, 0.6) is 6.01 Å². The summed E-state index contributed by atoms with van der Waals surface area (Å²) in [5.41, 5.74) is 3.83. The Morgan fingerprint density at radius 3 is 2.63 bits per heavy atom. The van der Waals surface area contributed by atoms with Gasteiger partial charge in [-0.1, -0.05) is 35.9 Å². The number of H-pyrrole nitrogens is 1. The van der Waals surface area contributed by atoms with Crippen LogP contribution >= 0.6 is 11.6 Å². The number of benzene rings is 1. The number of fused-ring (bicyclic) bond motifs is 1. The lowest BCUT2D eigenvalue weighted by Gasteiger charge is -2.32. The van der Waals surface area contributed by atoms with Crippen molar-refractivity contribution in [1.82, 2.24) is 19.9 Å². The largest absolute Gasteiger partial charge is 0.459 e. The molecule has 0 aliphatic carbocycles. The van der Waals surface area contributed by atoms with Gasteiger partial charge in [-0.15, -0.1) is 0 Å². The van der Waals surface area contributed by atoms with E-state index in [1.807, 2.05) is 26.0 Å². The number of rotatable bonds is 6. The fraction of sp³-hybridized carbons (Fsp3) is 0.519. The molecule has 2 aliphatic rings. The number of aliphatic hydroxyl groups excluding tert-OH is 2. The van der Waals surface area contributed by atoms with E-state index in [1.54, 1.807) is 11.0 Å². The Kier molecular flexibility index (Phi) is 8.04. The number of hydrogen-bond acceptors (Lipinski definition) is 8. The molecular formula is C27H33ClN4O6. The molecule has 0 spiro atoms. The maximum Gasteiger partial charge on any atom is 0.410 e. The van der Waals surface area contributed by atoms with Crippen LogP contribution in [0.2, 0.25) is 5.02 Å². The lowest BCUT2D eigenvalue weighted by Crippen LogP contribution is -2.45. The maximum absolute atomic E-state index is 12.2. The number of aliphatic hydroxyl groups is 2. The van der Waals surface area contributed by atoms with Crippen molar-refractivity contribution in [2.75, 3.05) is 26.3 Å². The summed E-state index contributed by atoms with van der Waals surface area (Å²) in [7, 11) is 0. The third-order valence-electron chi connectivity index (χ3n) is 7.04. The van der Waals surface area contributed by atoms with E-state index in [0.29, 0.717) is 47.3 Å². The molecule has 1 aromatic carbocycles. The number of aromatic amines is 1. The molecule has 204 valence electrons. The number of imidazole rings is 1. The average molecular weight is 545 g/mol. The summed E-state index contributed by atoms with van der Waals surface area (Å²) in [5, 5.41) is 19.8. The van der Waals surface area contributed by atoms with Gasteiger partial charge in [0.15, 0.2) is 5.65 Å². The van der Waals surface area contributed by atoms with Crippen molar-refractivity contribution in [3.8, 4) is 17.3 Å². The van der Waals surface area contributed by atoms with E-state index >= 15 is 0 Å². The Hall–Kier alpha value is -2.92. The van der Waals surface area contributed by atoms with E-state index in [1.165, 1.54) is 5.56 Å². The van der Waals surface area contributed by atoms with Gasteiger partial charge in [-0.25, -0.2) is 9.78 Å². The molecule has 0 radical (unpaired) electrons. The van der Waals surface area contributed by atoms with Gasteiger partial charge in [0.25, 0.3) is 6.01 Å². The highest BCUT2D eigenvalue weighted by Gasteiger charge is 2.31. The summed E-state index contributed by atoms with van der Waals surface area (Å²) in [6.45, 7) is 5.08. The van der Waals surface area contributed by atoms with Gasteiger partial charge in [-0.3, -0.25) is 0 Å². The molecule has 3 atom stereocenters. The van der Waals surface area contributed by atoms with Gasteiger partial charge < -0.3 is 34.3 Å². The first-order valence-electron chi connectivity index (χ1n) is 13.0. The molecule has 0 unspecified atom stereocenters. The SMILES string of the molecule is CC(C)OC(=O)N1CCC(c2ccc(-c3nc4nc(O[C@H]5CO[C@H](CO)[C@@H](O)C5)[nH]c4cc3Cl)cc2)CC1. The van der Waals surface area contributed by atoms with E-state index in [4.69, 9.17) is 25.8 Å². The molecule has 0 saturated carbocycles. The number of pyridine rings is 1. The van der Waals surface area contributed by atoms with Crippen LogP contribution in [0.4, 0.5) is 4.79 Å². The zero-order valence-electron chi connectivity index (χ0n) is 21.5. The molecule has 1 amide bonds. The molecule has 11 heteroatoms. The lowest BCUT2D eigenvalue weighted by atomic mass is 9.89. The van der Waals surface area contributed by atoms with Crippen molar-refractivity contribution in [3.05, 3.63) is 40.9 Å². The number of halogens is 1. The fourth-order valence-corrected chi connectivity index (χ4v) is 5.24. The standard InChI is InChI=1S/C27H33ClN4O6/c1-15(2)37-27(35)32-9-7-17(8-10-32)16-3-5-18(6-4-16)24-20(28)12-21-25(30-24)31-26(29-21)38-19-11-22(34)23(13-33)36-14-19/h3-6,12,15,17,19,22-23,33-34H,7-11,13-14H2,1-2H3,(H,29,30,31)/t19-,22+,23-/m1/s1.